The minimum atomic E-state index is -4.38. The van der Waals surface area contributed by atoms with Crippen molar-refractivity contribution < 1.29 is 13.2 Å². The van der Waals surface area contributed by atoms with E-state index in [2.05, 4.69) is 49.2 Å². The third-order valence-corrected chi connectivity index (χ3v) is 7.23. The summed E-state index contributed by atoms with van der Waals surface area (Å²) < 4.78 is 39.2. The van der Waals surface area contributed by atoms with Crippen molar-refractivity contribution in [3.63, 3.8) is 0 Å². The van der Waals surface area contributed by atoms with Crippen LogP contribution in [0.2, 0.25) is 0 Å². The normalized spacial score (nSPS) is 14.7. The number of pyridine rings is 1. The molecular weight excluding hydrogens is 527 g/mol. The quantitative estimate of drug-likeness (QED) is 0.275. The molecule has 2 aromatic carbocycles. The largest absolute Gasteiger partial charge is 0.416 e. The lowest BCUT2D eigenvalue weighted by Crippen LogP contribution is -2.47. The molecule has 0 bridgehead atoms. The zero-order chi connectivity index (χ0) is 28.8. The van der Waals surface area contributed by atoms with Crippen LogP contribution in [0, 0.1) is 6.92 Å². The van der Waals surface area contributed by atoms with Gasteiger partial charge in [0.05, 0.1) is 11.3 Å². The lowest BCUT2D eigenvalue weighted by atomic mass is 10.1. The molecule has 5 rings (SSSR count). The van der Waals surface area contributed by atoms with Crippen molar-refractivity contribution in [3.05, 3.63) is 95.9 Å². The number of aryl methyl sites for hydroxylation is 1. The van der Waals surface area contributed by atoms with E-state index in [-0.39, 0.29) is 0 Å². The van der Waals surface area contributed by atoms with E-state index in [9.17, 15) is 13.2 Å². The summed E-state index contributed by atoms with van der Waals surface area (Å²) >= 11 is 0. The number of hydrogen-bond acceptors (Lipinski definition) is 7. The second kappa shape index (κ2) is 12.7. The summed E-state index contributed by atoms with van der Waals surface area (Å²) in [6.07, 6.45) is -0.928. The van der Waals surface area contributed by atoms with Crippen LogP contribution < -0.4 is 10.2 Å². The van der Waals surface area contributed by atoms with Crippen molar-refractivity contribution in [1.82, 2.24) is 24.8 Å². The molecule has 0 spiro atoms. The first-order valence-corrected chi connectivity index (χ1v) is 13.7. The molecule has 0 atom stereocenters. The Labute approximate surface area is 238 Å². The maximum Gasteiger partial charge on any atom is 0.416 e. The topological polar surface area (TPSA) is 60.4 Å². The summed E-state index contributed by atoms with van der Waals surface area (Å²) in [5.74, 6) is 0.547. The van der Waals surface area contributed by atoms with Crippen molar-refractivity contribution in [2.45, 2.75) is 19.6 Å². The fourth-order valence-corrected chi connectivity index (χ4v) is 4.78. The van der Waals surface area contributed by atoms with Gasteiger partial charge in [0.25, 0.3) is 0 Å². The number of halogens is 3. The number of rotatable bonds is 9. The molecule has 0 unspecified atom stereocenters. The monoisotopic (exact) mass is 561 g/mol. The highest BCUT2D eigenvalue weighted by atomic mass is 19.4. The van der Waals surface area contributed by atoms with Crippen molar-refractivity contribution in [1.29, 1.82) is 0 Å². The molecule has 3 heterocycles. The molecule has 0 amide bonds. The van der Waals surface area contributed by atoms with Gasteiger partial charge in [-0.15, -0.1) is 0 Å². The van der Waals surface area contributed by atoms with E-state index in [1.165, 1.54) is 12.1 Å². The van der Waals surface area contributed by atoms with Gasteiger partial charge in [0, 0.05) is 80.8 Å². The summed E-state index contributed by atoms with van der Waals surface area (Å²) in [6, 6.07) is 19.0. The molecule has 2 aromatic heterocycles. The molecule has 4 aromatic rings. The number of alkyl halides is 3. The summed E-state index contributed by atoms with van der Waals surface area (Å²) in [5.41, 5.74) is 4.52. The van der Waals surface area contributed by atoms with E-state index in [1.54, 1.807) is 18.5 Å². The van der Waals surface area contributed by atoms with Gasteiger partial charge in [0.2, 0.25) is 5.95 Å². The standard InChI is InChI=1S/C31H34F3N7/c1-23-21-28(11-13-35-23)37-27-9-3-24(4-10-27)22-41(20-19-40-17-15-39(2)16-18-40)30-36-14-12-29(38-30)25-5-7-26(8-6-25)31(32,33)34/h3-14,21H,15-20,22H2,1-2H3,(H,35,37). The third-order valence-electron chi connectivity index (χ3n) is 7.23. The first-order valence-electron chi connectivity index (χ1n) is 13.7. The van der Waals surface area contributed by atoms with Crippen LogP contribution in [0.5, 0.6) is 0 Å². The molecular formula is C31H34F3N7. The van der Waals surface area contributed by atoms with E-state index in [4.69, 9.17) is 4.98 Å². The second-order valence-electron chi connectivity index (χ2n) is 10.4. The number of anilines is 3. The van der Waals surface area contributed by atoms with Gasteiger partial charge in [-0.25, -0.2) is 9.97 Å². The lowest BCUT2D eigenvalue weighted by Gasteiger charge is -2.34. The van der Waals surface area contributed by atoms with Crippen LogP contribution in [-0.2, 0) is 12.7 Å². The molecule has 1 aliphatic rings. The van der Waals surface area contributed by atoms with Gasteiger partial charge < -0.3 is 15.1 Å². The third kappa shape index (κ3) is 7.80. The van der Waals surface area contributed by atoms with Gasteiger partial charge in [-0.2, -0.15) is 13.2 Å². The predicted molar refractivity (Wildman–Crippen MR) is 156 cm³/mol. The molecule has 1 fully saturated rings. The minimum Gasteiger partial charge on any atom is -0.355 e. The fourth-order valence-electron chi connectivity index (χ4n) is 4.78. The van der Waals surface area contributed by atoms with Gasteiger partial charge in [-0.1, -0.05) is 24.3 Å². The van der Waals surface area contributed by atoms with E-state index in [1.807, 2.05) is 31.2 Å². The van der Waals surface area contributed by atoms with E-state index < -0.39 is 11.7 Å². The maximum absolute atomic E-state index is 13.1. The summed E-state index contributed by atoms with van der Waals surface area (Å²) in [4.78, 5) is 20.5. The molecule has 0 aliphatic carbocycles. The van der Waals surface area contributed by atoms with Crippen molar-refractivity contribution in [3.8, 4) is 11.3 Å². The smallest absolute Gasteiger partial charge is 0.355 e. The molecule has 1 saturated heterocycles. The van der Waals surface area contributed by atoms with Gasteiger partial charge in [0.1, 0.15) is 0 Å². The van der Waals surface area contributed by atoms with Crippen molar-refractivity contribution >= 4 is 17.3 Å². The SMILES string of the molecule is Cc1cc(Nc2ccc(CN(CCN3CCN(C)CC3)c3nccc(-c4ccc(C(F)(F)F)cc4)n3)cc2)ccn1. The molecule has 10 heteroatoms. The van der Waals surface area contributed by atoms with Crippen molar-refractivity contribution in [2.75, 3.05) is 56.5 Å². The first kappa shape index (κ1) is 28.5. The molecule has 41 heavy (non-hydrogen) atoms. The Bertz CT molecular complexity index is 1420. The Hall–Kier alpha value is -4.02. The predicted octanol–water partition coefficient (Wildman–Crippen LogP) is 5.86. The summed E-state index contributed by atoms with van der Waals surface area (Å²) in [7, 11) is 2.14. The fraction of sp³-hybridized carbons (Fsp3) is 0.323. The zero-order valence-corrected chi connectivity index (χ0v) is 23.3. The molecule has 1 aliphatic heterocycles. The number of nitrogens with zero attached hydrogens (tertiary/aromatic N) is 6. The Morgan fingerprint density at radius 1 is 0.854 bits per heavy atom. The summed E-state index contributed by atoms with van der Waals surface area (Å²) in [6.45, 7) is 8.21. The maximum atomic E-state index is 13.1. The zero-order valence-electron chi connectivity index (χ0n) is 23.3. The Morgan fingerprint density at radius 3 is 2.24 bits per heavy atom. The van der Waals surface area contributed by atoms with E-state index in [0.717, 1.165) is 74.0 Å². The highest BCUT2D eigenvalue weighted by Gasteiger charge is 2.30. The van der Waals surface area contributed by atoms with Crippen LogP contribution in [0.3, 0.4) is 0 Å². The van der Waals surface area contributed by atoms with E-state index in [0.29, 0.717) is 23.8 Å². The van der Waals surface area contributed by atoms with Crippen LogP contribution in [0.15, 0.2) is 79.1 Å². The molecule has 1 N–H and O–H groups in total. The Morgan fingerprint density at radius 2 is 1.56 bits per heavy atom. The van der Waals surface area contributed by atoms with Gasteiger partial charge >= 0.3 is 6.18 Å². The summed E-state index contributed by atoms with van der Waals surface area (Å²) in [5, 5.41) is 3.41. The Balaban J connectivity index is 1.34. The average molecular weight is 562 g/mol. The minimum absolute atomic E-state index is 0.547. The molecule has 214 valence electrons. The molecule has 0 radical (unpaired) electrons. The highest BCUT2D eigenvalue weighted by molar-refractivity contribution is 5.61. The van der Waals surface area contributed by atoms with Crippen molar-refractivity contribution in [2.24, 2.45) is 0 Å². The van der Waals surface area contributed by atoms with Crippen LogP contribution in [0.25, 0.3) is 11.3 Å². The lowest BCUT2D eigenvalue weighted by molar-refractivity contribution is -0.137. The Kier molecular flexibility index (Phi) is 8.80. The first-order chi connectivity index (χ1) is 19.7. The number of benzene rings is 2. The second-order valence-corrected chi connectivity index (χ2v) is 10.4. The highest BCUT2D eigenvalue weighted by Crippen LogP contribution is 2.31. The number of piperazine rings is 1. The van der Waals surface area contributed by atoms with Crippen LogP contribution in [0.1, 0.15) is 16.8 Å². The number of hydrogen-bond donors (Lipinski definition) is 1. The number of aromatic nitrogens is 3. The van der Waals surface area contributed by atoms with Crippen LogP contribution in [0.4, 0.5) is 30.5 Å². The van der Waals surface area contributed by atoms with Gasteiger partial charge in [-0.3, -0.25) is 9.88 Å². The molecule has 7 nitrogen and oxygen atoms in total. The number of likely N-dealkylation sites (N-methyl/N-ethyl adjacent to an activating group) is 1. The van der Waals surface area contributed by atoms with Crippen LogP contribution in [-0.4, -0.2) is 71.1 Å². The van der Waals surface area contributed by atoms with Gasteiger partial charge in [0.15, 0.2) is 0 Å². The molecule has 0 saturated carbocycles. The number of nitrogens with one attached hydrogen (secondary N) is 1. The van der Waals surface area contributed by atoms with Gasteiger partial charge in [-0.05, 0) is 62.0 Å². The average Bonchev–Trinajstić information content (AvgIpc) is 2.97. The van der Waals surface area contributed by atoms with Crippen LogP contribution >= 0.6 is 0 Å². The van der Waals surface area contributed by atoms with E-state index >= 15 is 0 Å².